The molecule has 5 heteroatoms. The number of morpholine rings is 1. The Morgan fingerprint density at radius 1 is 1.56 bits per heavy atom. The van der Waals surface area contributed by atoms with Gasteiger partial charge in [0.05, 0.1) is 18.8 Å². The topological polar surface area (TPSA) is 51.4 Å². The molecule has 0 aromatic carbocycles. The average Bonchev–Trinajstić information content (AvgIpc) is 2.76. The summed E-state index contributed by atoms with van der Waals surface area (Å²) >= 11 is 0. The van der Waals surface area contributed by atoms with Gasteiger partial charge in [-0.3, -0.25) is 4.90 Å². The normalized spacial score (nSPS) is 24.6. The molecule has 2 atom stereocenters. The zero-order chi connectivity index (χ0) is 11.5. The second-order valence-electron chi connectivity index (χ2n) is 4.25. The van der Waals surface area contributed by atoms with Crippen LogP contribution in [0.5, 0.6) is 0 Å². The lowest BCUT2D eigenvalue weighted by Crippen LogP contribution is -2.42. The number of nitrogens with zero attached hydrogens (tertiary/aromatic N) is 3. The first-order chi connectivity index (χ1) is 7.70. The van der Waals surface area contributed by atoms with Crippen molar-refractivity contribution in [3.05, 3.63) is 11.7 Å². The SMILES string of the molecule is CCc1noc([C@@H](C)N2CCO[C@@H](C)C2)n1. The van der Waals surface area contributed by atoms with Gasteiger partial charge in [-0.2, -0.15) is 4.98 Å². The number of hydrogen-bond acceptors (Lipinski definition) is 5. The Morgan fingerprint density at radius 2 is 2.38 bits per heavy atom. The van der Waals surface area contributed by atoms with Crippen molar-refractivity contribution in [1.82, 2.24) is 15.0 Å². The van der Waals surface area contributed by atoms with Crippen LogP contribution in [0.15, 0.2) is 4.52 Å². The quantitative estimate of drug-likeness (QED) is 0.778. The Hall–Kier alpha value is -0.940. The van der Waals surface area contributed by atoms with E-state index in [1.165, 1.54) is 0 Å². The van der Waals surface area contributed by atoms with Crippen molar-refractivity contribution >= 4 is 0 Å². The summed E-state index contributed by atoms with van der Waals surface area (Å²) in [6.45, 7) is 8.84. The Balaban J connectivity index is 2.02. The molecule has 0 bridgehead atoms. The fourth-order valence-corrected chi connectivity index (χ4v) is 1.93. The standard InChI is InChI=1S/C11H19N3O2/c1-4-10-12-11(16-13-10)9(3)14-5-6-15-8(2)7-14/h8-9H,4-7H2,1-3H3/t8-,9+/m0/s1. The molecule has 2 heterocycles. The van der Waals surface area contributed by atoms with E-state index in [4.69, 9.17) is 9.26 Å². The molecule has 1 aliphatic heterocycles. The highest BCUT2D eigenvalue weighted by Gasteiger charge is 2.25. The molecule has 0 saturated carbocycles. The minimum absolute atomic E-state index is 0.180. The Morgan fingerprint density at radius 3 is 3.00 bits per heavy atom. The van der Waals surface area contributed by atoms with Crippen molar-refractivity contribution in [2.45, 2.75) is 39.3 Å². The Bertz CT molecular complexity index is 340. The minimum Gasteiger partial charge on any atom is -0.376 e. The summed E-state index contributed by atoms with van der Waals surface area (Å²) in [6, 6.07) is 0.180. The molecule has 2 rings (SSSR count). The fraction of sp³-hybridized carbons (Fsp3) is 0.818. The number of aromatic nitrogens is 2. The largest absolute Gasteiger partial charge is 0.376 e. The number of rotatable bonds is 3. The van der Waals surface area contributed by atoms with Crippen LogP contribution in [-0.2, 0) is 11.2 Å². The van der Waals surface area contributed by atoms with Gasteiger partial charge in [-0.25, -0.2) is 0 Å². The second-order valence-corrected chi connectivity index (χ2v) is 4.25. The van der Waals surface area contributed by atoms with Crippen LogP contribution in [0.2, 0.25) is 0 Å². The summed E-state index contributed by atoms with van der Waals surface area (Å²) < 4.78 is 10.8. The smallest absolute Gasteiger partial charge is 0.243 e. The Kier molecular flexibility index (Phi) is 3.56. The summed E-state index contributed by atoms with van der Waals surface area (Å²) in [7, 11) is 0. The van der Waals surface area contributed by atoms with Gasteiger partial charge in [0.1, 0.15) is 0 Å². The van der Waals surface area contributed by atoms with Crippen LogP contribution in [-0.4, -0.2) is 40.8 Å². The van der Waals surface area contributed by atoms with Gasteiger partial charge >= 0.3 is 0 Å². The summed E-state index contributed by atoms with van der Waals surface area (Å²) in [5, 5.41) is 3.93. The van der Waals surface area contributed by atoms with Gasteiger partial charge in [-0.1, -0.05) is 12.1 Å². The first kappa shape index (κ1) is 11.5. The highest BCUT2D eigenvalue weighted by atomic mass is 16.5. The predicted octanol–water partition coefficient (Wildman–Crippen LogP) is 1.41. The molecule has 1 fully saturated rings. The van der Waals surface area contributed by atoms with E-state index in [9.17, 15) is 0 Å². The minimum atomic E-state index is 0.180. The molecule has 0 N–H and O–H groups in total. The van der Waals surface area contributed by atoms with E-state index < -0.39 is 0 Å². The predicted molar refractivity (Wildman–Crippen MR) is 59.1 cm³/mol. The van der Waals surface area contributed by atoms with E-state index in [2.05, 4.69) is 28.9 Å². The molecule has 16 heavy (non-hydrogen) atoms. The van der Waals surface area contributed by atoms with Crippen molar-refractivity contribution in [2.24, 2.45) is 0 Å². The number of ether oxygens (including phenoxy) is 1. The van der Waals surface area contributed by atoms with Gasteiger partial charge < -0.3 is 9.26 Å². The third kappa shape index (κ3) is 2.41. The van der Waals surface area contributed by atoms with Crippen LogP contribution in [0.25, 0.3) is 0 Å². The monoisotopic (exact) mass is 225 g/mol. The molecule has 1 aromatic rings. The summed E-state index contributed by atoms with van der Waals surface area (Å²) in [4.78, 5) is 6.69. The fourth-order valence-electron chi connectivity index (χ4n) is 1.93. The maximum atomic E-state index is 5.51. The lowest BCUT2D eigenvalue weighted by atomic mass is 10.2. The molecule has 1 saturated heterocycles. The third-order valence-corrected chi connectivity index (χ3v) is 2.98. The average molecular weight is 225 g/mol. The van der Waals surface area contributed by atoms with E-state index in [1.54, 1.807) is 0 Å². The Labute approximate surface area is 95.8 Å². The van der Waals surface area contributed by atoms with E-state index in [0.717, 1.165) is 31.9 Å². The molecule has 1 aromatic heterocycles. The maximum absolute atomic E-state index is 5.51. The van der Waals surface area contributed by atoms with E-state index in [0.29, 0.717) is 5.89 Å². The molecular weight excluding hydrogens is 206 g/mol. The number of hydrogen-bond donors (Lipinski definition) is 0. The van der Waals surface area contributed by atoms with Crippen molar-refractivity contribution < 1.29 is 9.26 Å². The van der Waals surface area contributed by atoms with Crippen LogP contribution in [0, 0.1) is 0 Å². The molecule has 1 aliphatic rings. The van der Waals surface area contributed by atoms with E-state index >= 15 is 0 Å². The summed E-state index contributed by atoms with van der Waals surface area (Å²) in [6.07, 6.45) is 1.10. The van der Waals surface area contributed by atoms with Gasteiger partial charge in [-0.15, -0.1) is 0 Å². The lowest BCUT2D eigenvalue weighted by Gasteiger charge is -2.33. The highest BCUT2D eigenvalue weighted by molar-refractivity contribution is 4.92. The molecule has 90 valence electrons. The first-order valence-electron chi connectivity index (χ1n) is 5.88. The van der Waals surface area contributed by atoms with Crippen molar-refractivity contribution in [3.63, 3.8) is 0 Å². The van der Waals surface area contributed by atoms with Gasteiger partial charge in [-0.05, 0) is 13.8 Å². The van der Waals surface area contributed by atoms with Crippen LogP contribution in [0.1, 0.15) is 38.5 Å². The summed E-state index contributed by atoms with van der Waals surface area (Å²) in [5.41, 5.74) is 0. The molecule has 0 unspecified atom stereocenters. The molecule has 0 amide bonds. The molecule has 0 radical (unpaired) electrons. The van der Waals surface area contributed by atoms with Crippen molar-refractivity contribution in [2.75, 3.05) is 19.7 Å². The van der Waals surface area contributed by atoms with Gasteiger partial charge in [0.15, 0.2) is 5.82 Å². The molecule has 0 aliphatic carbocycles. The lowest BCUT2D eigenvalue weighted by molar-refractivity contribution is -0.0361. The number of aryl methyl sites for hydroxylation is 1. The maximum Gasteiger partial charge on any atom is 0.243 e. The summed E-state index contributed by atoms with van der Waals surface area (Å²) in [5.74, 6) is 1.49. The second kappa shape index (κ2) is 4.93. The molecule has 5 nitrogen and oxygen atoms in total. The zero-order valence-electron chi connectivity index (χ0n) is 10.1. The van der Waals surface area contributed by atoms with E-state index in [1.807, 2.05) is 6.92 Å². The van der Waals surface area contributed by atoms with Gasteiger partial charge in [0, 0.05) is 19.5 Å². The first-order valence-corrected chi connectivity index (χ1v) is 5.88. The van der Waals surface area contributed by atoms with Gasteiger partial charge in [0.25, 0.3) is 0 Å². The van der Waals surface area contributed by atoms with Crippen LogP contribution >= 0.6 is 0 Å². The van der Waals surface area contributed by atoms with Crippen LogP contribution < -0.4 is 0 Å². The van der Waals surface area contributed by atoms with E-state index in [-0.39, 0.29) is 12.1 Å². The molecule has 0 spiro atoms. The zero-order valence-corrected chi connectivity index (χ0v) is 10.1. The third-order valence-electron chi connectivity index (χ3n) is 2.98. The highest BCUT2D eigenvalue weighted by Crippen LogP contribution is 2.21. The van der Waals surface area contributed by atoms with Gasteiger partial charge in [0.2, 0.25) is 5.89 Å². The molecular formula is C11H19N3O2. The van der Waals surface area contributed by atoms with Crippen molar-refractivity contribution in [1.29, 1.82) is 0 Å². The van der Waals surface area contributed by atoms with Crippen LogP contribution in [0.4, 0.5) is 0 Å². The van der Waals surface area contributed by atoms with Crippen LogP contribution in [0.3, 0.4) is 0 Å². The van der Waals surface area contributed by atoms with Crippen molar-refractivity contribution in [3.8, 4) is 0 Å².